The highest BCUT2D eigenvalue weighted by atomic mass is 32.3. The predicted octanol–water partition coefficient (Wildman–Crippen LogP) is 3.83. The van der Waals surface area contributed by atoms with Gasteiger partial charge in [0.2, 0.25) is 0 Å². The summed E-state index contributed by atoms with van der Waals surface area (Å²) < 4.78 is 158. The van der Waals surface area contributed by atoms with Gasteiger partial charge in [0.25, 0.3) is 20.0 Å². The fourth-order valence-electron chi connectivity index (χ4n) is 2.02. The molecular formula is C16H11F8NO6S2. The van der Waals surface area contributed by atoms with E-state index in [-0.39, 0.29) is 0 Å². The van der Waals surface area contributed by atoms with Crippen LogP contribution in [0, 0.1) is 0 Å². The van der Waals surface area contributed by atoms with Crippen LogP contribution in [0.3, 0.4) is 0 Å². The lowest BCUT2D eigenvalue weighted by atomic mass is 10.3. The van der Waals surface area contributed by atoms with Crippen molar-refractivity contribution in [2.45, 2.75) is 34.9 Å². The lowest BCUT2D eigenvalue weighted by Gasteiger charge is -2.17. The fourth-order valence-corrected chi connectivity index (χ4v) is 4.93. The normalized spacial score (nSPS) is 13.4. The monoisotopic (exact) mass is 529 g/mol. The zero-order valence-electron chi connectivity index (χ0n) is 15.6. The summed E-state index contributed by atoms with van der Waals surface area (Å²) in [5.41, 5.74) is 0. The number of rotatable bonds is 10. The molecule has 0 aliphatic carbocycles. The maximum atomic E-state index is 12.9. The van der Waals surface area contributed by atoms with Gasteiger partial charge in [-0.1, -0.05) is 0 Å². The Bertz CT molecular complexity index is 1080. The van der Waals surface area contributed by atoms with Gasteiger partial charge in [-0.25, -0.2) is 16.8 Å². The summed E-state index contributed by atoms with van der Waals surface area (Å²) >= 11 is 0. The molecule has 0 aromatic heterocycles. The number of benzene rings is 2. The van der Waals surface area contributed by atoms with E-state index in [1.165, 1.54) is 4.13 Å². The molecule has 0 aliphatic rings. The molecule has 2 aromatic rings. The number of sulfonamides is 2. The standard InChI is InChI=1S/C16H11F8NO6S2/c17-13(18)15(21,22)30-9-1-5-11(6-2-9)32(26,27)25-33(28,29)12-7-3-10(4-8-12)31-16(23,24)14(19)20/h1-8,13-14,25H. The van der Waals surface area contributed by atoms with Crippen LogP contribution in [-0.4, -0.2) is 41.9 Å². The third-order valence-corrected chi connectivity index (χ3v) is 7.04. The predicted molar refractivity (Wildman–Crippen MR) is 93.5 cm³/mol. The first kappa shape index (κ1) is 26.6. The number of ether oxygens (including phenoxy) is 2. The van der Waals surface area contributed by atoms with Gasteiger partial charge in [-0.3, -0.25) is 0 Å². The Hall–Kier alpha value is -2.66. The summed E-state index contributed by atoms with van der Waals surface area (Å²) in [5.74, 6) is -1.70. The second kappa shape index (κ2) is 9.30. The number of hydrogen-bond donors (Lipinski definition) is 1. The molecule has 0 amide bonds. The molecule has 0 saturated carbocycles. The molecule has 0 fully saturated rings. The van der Waals surface area contributed by atoms with E-state index >= 15 is 0 Å². The molecule has 184 valence electrons. The van der Waals surface area contributed by atoms with Gasteiger partial charge in [-0.15, -0.1) is 4.13 Å². The van der Waals surface area contributed by atoms with Gasteiger partial charge in [0, 0.05) is 0 Å². The van der Waals surface area contributed by atoms with E-state index in [9.17, 15) is 52.0 Å². The summed E-state index contributed by atoms with van der Waals surface area (Å²) in [6.45, 7) is 0. The highest BCUT2D eigenvalue weighted by molar-refractivity contribution is 8.04. The van der Waals surface area contributed by atoms with Gasteiger partial charge in [0.05, 0.1) is 9.79 Å². The van der Waals surface area contributed by atoms with Crippen LogP contribution in [0.15, 0.2) is 58.3 Å². The Morgan fingerprint density at radius 3 is 1.12 bits per heavy atom. The molecule has 0 spiro atoms. The van der Waals surface area contributed by atoms with Crippen LogP contribution in [0.5, 0.6) is 11.5 Å². The fraction of sp³-hybridized carbons (Fsp3) is 0.250. The molecule has 1 N–H and O–H groups in total. The molecule has 0 atom stereocenters. The molecule has 33 heavy (non-hydrogen) atoms. The van der Waals surface area contributed by atoms with Crippen molar-refractivity contribution in [3.63, 3.8) is 0 Å². The van der Waals surface area contributed by atoms with E-state index in [1.54, 1.807) is 0 Å². The van der Waals surface area contributed by atoms with Crippen LogP contribution in [0.25, 0.3) is 0 Å². The average Bonchev–Trinajstić information content (AvgIpc) is 2.67. The lowest BCUT2D eigenvalue weighted by molar-refractivity contribution is -0.253. The summed E-state index contributed by atoms with van der Waals surface area (Å²) in [5, 5.41) is 0. The maximum Gasteiger partial charge on any atom is 0.461 e. The van der Waals surface area contributed by atoms with Gasteiger partial charge >= 0.3 is 25.1 Å². The van der Waals surface area contributed by atoms with E-state index in [2.05, 4.69) is 9.47 Å². The van der Waals surface area contributed by atoms with E-state index in [4.69, 9.17) is 0 Å². The highest BCUT2D eigenvalue weighted by Crippen LogP contribution is 2.29. The van der Waals surface area contributed by atoms with E-state index in [0.717, 1.165) is 0 Å². The van der Waals surface area contributed by atoms with Crippen molar-refractivity contribution in [2.24, 2.45) is 0 Å². The summed E-state index contributed by atoms with van der Waals surface area (Å²) in [6, 6.07) is 4.57. The number of hydrogen-bond acceptors (Lipinski definition) is 6. The zero-order chi connectivity index (χ0) is 25.2. The van der Waals surface area contributed by atoms with Crippen molar-refractivity contribution in [2.75, 3.05) is 0 Å². The zero-order valence-corrected chi connectivity index (χ0v) is 17.2. The molecule has 0 aliphatic heterocycles. The molecule has 2 rings (SSSR count). The third-order valence-electron chi connectivity index (χ3n) is 3.50. The summed E-state index contributed by atoms with van der Waals surface area (Å²) in [4.78, 5) is -1.59. The molecule has 0 unspecified atom stereocenters. The van der Waals surface area contributed by atoms with Gasteiger partial charge in [0.15, 0.2) is 0 Å². The van der Waals surface area contributed by atoms with Gasteiger partial charge in [0.1, 0.15) is 11.5 Å². The molecule has 2 aromatic carbocycles. The first-order valence-corrected chi connectivity index (χ1v) is 11.1. The van der Waals surface area contributed by atoms with E-state index < -0.39 is 66.4 Å². The van der Waals surface area contributed by atoms with Crippen molar-refractivity contribution in [3.05, 3.63) is 48.5 Å². The first-order valence-electron chi connectivity index (χ1n) is 8.15. The van der Waals surface area contributed by atoms with Crippen LogP contribution < -0.4 is 13.6 Å². The van der Waals surface area contributed by atoms with Crippen molar-refractivity contribution < 1.29 is 61.4 Å². The Balaban J connectivity index is 2.18. The van der Waals surface area contributed by atoms with Crippen LogP contribution in [0.4, 0.5) is 35.1 Å². The van der Waals surface area contributed by atoms with Gasteiger partial charge in [-0.2, -0.15) is 35.1 Å². The van der Waals surface area contributed by atoms with Crippen LogP contribution in [0.2, 0.25) is 0 Å². The number of nitrogens with one attached hydrogen (secondary N) is 1. The van der Waals surface area contributed by atoms with Crippen molar-refractivity contribution in [1.29, 1.82) is 0 Å². The van der Waals surface area contributed by atoms with E-state index in [0.29, 0.717) is 48.5 Å². The maximum absolute atomic E-state index is 12.9. The topological polar surface area (TPSA) is 98.8 Å². The van der Waals surface area contributed by atoms with Crippen LogP contribution in [-0.2, 0) is 20.0 Å². The second-order valence-corrected chi connectivity index (χ2v) is 9.59. The third kappa shape index (κ3) is 6.67. The molecule has 0 radical (unpaired) electrons. The van der Waals surface area contributed by atoms with Crippen LogP contribution >= 0.6 is 0 Å². The molecule has 7 nitrogen and oxygen atoms in total. The minimum absolute atomic E-state index is 0.562. The minimum Gasteiger partial charge on any atom is -0.428 e. The highest BCUT2D eigenvalue weighted by Gasteiger charge is 2.44. The number of alkyl halides is 8. The smallest absolute Gasteiger partial charge is 0.428 e. The van der Waals surface area contributed by atoms with E-state index in [1.807, 2.05) is 0 Å². The Morgan fingerprint density at radius 1 is 0.606 bits per heavy atom. The molecule has 0 saturated heterocycles. The average molecular weight is 529 g/mol. The summed E-state index contributed by atoms with van der Waals surface area (Å²) in [7, 11) is -9.75. The van der Waals surface area contributed by atoms with Gasteiger partial charge < -0.3 is 9.47 Å². The minimum atomic E-state index is -4.87. The number of halogens is 8. The first-order chi connectivity index (χ1) is 15.0. The Morgan fingerprint density at radius 2 is 0.879 bits per heavy atom. The molecule has 0 heterocycles. The van der Waals surface area contributed by atoms with Crippen LogP contribution in [0.1, 0.15) is 0 Å². The molecule has 17 heteroatoms. The second-order valence-electron chi connectivity index (χ2n) is 5.96. The van der Waals surface area contributed by atoms with Gasteiger partial charge in [-0.05, 0) is 48.5 Å². The lowest BCUT2D eigenvalue weighted by Crippen LogP contribution is -2.33. The Labute approximate surface area is 181 Å². The van der Waals surface area contributed by atoms with Crippen molar-refractivity contribution in [3.8, 4) is 11.5 Å². The molecule has 0 bridgehead atoms. The van der Waals surface area contributed by atoms with Crippen molar-refractivity contribution in [1.82, 2.24) is 4.13 Å². The SMILES string of the molecule is O=S(=O)(NS(=O)(=O)c1ccc(OC(F)(F)C(F)F)cc1)c1ccc(OC(F)(F)C(F)F)cc1. The largest absolute Gasteiger partial charge is 0.461 e. The molecular weight excluding hydrogens is 518 g/mol. The van der Waals surface area contributed by atoms with Crippen molar-refractivity contribution >= 4 is 20.0 Å². The quantitative estimate of drug-likeness (QED) is 0.470. The summed E-state index contributed by atoms with van der Waals surface area (Å²) in [6.07, 6.45) is -18.1. The Kier molecular flexibility index (Phi) is 7.49.